The number of aliphatic hydroxyl groups excluding tert-OH is 1. The van der Waals surface area contributed by atoms with Gasteiger partial charge in [0.2, 0.25) is 0 Å². The number of anilines is 1. The lowest BCUT2D eigenvalue weighted by Crippen LogP contribution is -2.50. The minimum absolute atomic E-state index is 0.184. The van der Waals surface area contributed by atoms with Crippen LogP contribution in [0, 0.1) is 0 Å². The topological polar surface area (TPSA) is 35.5 Å². The Morgan fingerprint density at radius 2 is 2.00 bits per heavy atom. The number of nitrogens with zero attached hydrogens (tertiary/aromatic N) is 1. The fraction of sp³-hybridized carbons (Fsp3) is 0.571. The molecule has 1 aliphatic carbocycles. The predicted octanol–water partition coefficient (Wildman–Crippen LogP) is 1.86. The van der Waals surface area contributed by atoms with Crippen molar-refractivity contribution in [3.63, 3.8) is 0 Å². The number of hydrogen-bond donors (Lipinski definition) is 2. The van der Waals surface area contributed by atoms with Gasteiger partial charge in [-0.05, 0) is 30.9 Å². The molecule has 0 saturated heterocycles. The van der Waals surface area contributed by atoms with Gasteiger partial charge in [-0.3, -0.25) is 0 Å². The summed E-state index contributed by atoms with van der Waals surface area (Å²) in [6.07, 6.45) is 5.33. The van der Waals surface area contributed by atoms with Gasteiger partial charge in [-0.2, -0.15) is 0 Å². The molecule has 1 heterocycles. The molecule has 1 saturated carbocycles. The fourth-order valence-corrected chi connectivity index (χ4v) is 2.93. The van der Waals surface area contributed by atoms with Crippen LogP contribution < -0.4 is 10.4 Å². The summed E-state index contributed by atoms with van der Waals surface area (Å²) in [5.41, 5.74) is 6.20. The number of rotatable bonds is 2. The highest BCUT2D eigenvalue weighted by Crippen LogP contribution is 2.27. The molecule has 3 rings (SSSR count). The summed E-state index contributed by atoms with van der Waals surface area (Å²) in [5.74, 6) is 0. The molecule has 0 spiro atoms. The van der Waals surface area contributed by atoms with Gasteiger partial charge in [-0.15, -0.1) is 0 Å². The van der Waals surface area contributed by atoms with E-state index in [-0.39, 0.29) is 12.1 Å². The summed E-state index contributed by atoms with van der Waals surface area (Å²) in [7, 11) is 0. The second kappa shape index (κ2) is 4.67. The van der Waals surface area contributed by atoms with E-state index in [0.29, 0.717) is 0 Å². The van der Waals surface area contributed by atoms with E-state index >= 15 is 0 Å². The van der Waals surface area contributed by atoms with Crippen molar-refractivity contribution in [3.05, 3.63) is 29.8 Å². The van der Waals surface area contributed by atoms with Crippen molar-refractivity contribution in [2.24, 2.45) is 0 Å². The quantitative estimate of drug-likeness (QED) is 0.817. The van der Waals surface area contributed by atoms with E-state index in [1.807, 2.05) is 0 Å². The Hall–Kier alpha value is -1.06. The maximum absolute atomic E-state index is 9.99. The Labute approximate surface area is 102 Å². The van der Waals surface area contributed by atoms with Crippen molar-refractivity contribution in [1.82, 2.24) is 5.43 Å². The van der Waals surface area contributed by atoms with Crippen LogP contribution in [0.1, 0.15) is 31.2 Å². The van der Waals surface area contributed by atoms with Gasteiger partial charge in [-0.1, -0.05) is 31.0 Å². The first-order valence-electron chi connectivity index (χ1n) is 6.64. The molecule has 92 valence electrons. The summed E-state index contributed by atoms with van der Waals surface area (Å²) in [6.45, 7) is 1.02. The van der Waals surface area contributed by atoms with Crippen LogP contribution in [0.2, 0.25) is 0 Å². The molecular formula is C14H20N2O. The molecule has 1 aliphatic heterocycles. The monoisotopic (exact) mass is 232 g/mol. The first kappa shape index (κ1) is 11.1. The second-order valence-corrected chi connectivity index (χ2v) is 5.12. The van der Waals surface area contributed by atoms with Gasteiger partial charge in [-0.25, -0.2) is 5.43 Å². The van der Waals surface area contributed by atoms with Gasteiger partial charge < -0.3 is 10.1 Å². The highest BCUT2D eigenvalue weighted by atomic mass is 16.3. The second-order valence-electron chi connectivity index (χ2n) is 5.12. The molecule has 1 fully saturated rings. The molecule has 17 heavy (non-hydrogen) atoms. The molecule has 1 aromatic carbocycles. The maximum atomic E-state index is 9.99. The highest BCUT2D eigenvalue weighted by Gasteiger charge is 2.27. The van der Waals surface area contributed by atoms with Crippen molar-refractivity contribution in [3.8, 4) is 0 Å². The molecule has 2 aliphatic rings. The molecule has 0 unspecified atom stereocenters. The van der Waals surface area contributed by atoms with Gasteiger partial charge in [0.25, 0.3) is 0 Å². The SMILES string of the molecule is O[C@@H]1CCCC[C@H]1NN1CCc2ccccc21. The third-order valence-electron chi connectivity index (χ3n) is 3.94. The van der Waals surface area contributed by atoms with Crippen molar-refractivity contribution in [1.29, 1.82) is 0 Å². The lowest BCUT2D eigenvalue weighted by atomic mass is 9.93. The van der Waals surface area contributed by atoms with Crippen LogP contribution in [-0.2, 0) is 6.42 Å². The lowest BCUT2D eigenvalue weighted by Gasteiger charge is -2.33. The summed E-state index contributed by atoms with van der Waals surface area (Å²) in [5, 5.41) is 12.2. The van der Waals surface area contributed by atoms with Gasteiger partial charge in [0, 0.05) is 6.54 Å². The van der Waals surface area contributed by atoms with Crippen LogP contribution >= 0.6 is 0 Å². The zero-order chi connectivity index (χ0) is 11.7. The van der Waals surface area contributed by atoms with Crippen molar-refractivity contribution in [2.45, 2.75) is 44.2 Å². The van der Waals surface area contributed by atoms with E-state index < -0.39 is 0 Å². The largest absolute Gasteiger partial charge is 0.391 e. The van der Waals surface area contributed by atoms with Crippen LogP contribution in [0.5, 0.6) is 0 Å². The number of hydrazine groups is 1. The molecule has 0 bridgehead atoms. The average Bonchev–Trinajstić information content (AvgIpc) is 2.76. The Kier molecular flexibility index (Phi) is 3.04. The third kappa shape index (κ3) is 2.17. The van der Waals surface area contributed by atoms with Crippen molar-refractivity contribution >= 4 is 5.69 Å². The van der Waals surface area contributed by atoms with Crippen LogP contribution in [0.4, 0.5) is 5.69 Å². The van der Waals surface area contributed by atoms with Crippen LogP contribution in [0.15, 0.2) is 24.3 Å². The first-order valence-corrected chi connectivity index (χ1v) is 6.64. The molecule has 0 aromatic heterocycles. The van der Waals surface area contributed by atoms with Crippen LogP contribution in [-0.4, -0.2) is 23.8 Å². The van der Waals surface area contributed by atoms with Crippen LogP contribution in [0.25, 0.3) is 0 Å². The summed E-state index contributed by atoms with van der Waals surface area (Å²) < 4.78 is 0. The molecule has 0 radical (unpaired) electrons. The zero-order valence-electron chi connectivity index (χ0n) is 10.1. The van der Waals surface area contributed by atoms with E-state index in [2.05, 4.69) is 34.7 Å². The van der Waals surface area contributed by atoms with Crippen molar-refractivity contribution in [2.75, 3.05) is 11.6 Å². The fourth-order valence-electron chi connectivity index (χ4n) is 2.93. The molecule has 2 atom stereocenters. The summed E-state index contributed by atoms with van der Waals surface area (Å²) in [4.78, 5) is 0. The Bertz CT molecular complexity index is 394. The Morgan fingerprint density at radius 3 is 2.88 bits per heavy atom. The number of para-hydroxylation sites is 1. The van der Waals surface area contributed by atoms with Gasteiger partial charge in [0.1, 0.15) is 0 Å². The lowest BCUT2D eigenvalue weighted by molar-refractivity contribution is 0.0897. The summed E-state index contributed by atoms with van der Waals surface area (Å²) in [6, 6.07) is 8.75. The highest BCUT2D eigenvalue weighted by molar-refractivity contribution is 5.56. The van der Waals surface area contributed by atoms with Gasteiger partial charge in [0.05, 0.1) is 17.8 Å². The normalized spacial score (nSPS) is 28.2. The van der Waals surface area contributed by atoms with Crippen molar-refractivity contribution < 1.29 is 5.11 Å². The zero-order valence-corrected chi connectivity index (χ0v) is 10.1. The summed E-state index contributed by atoms with van der Waals surface area (Å²) >= 11 is 0. The maximum Gasteiger partial charge on any atom is 0.0711 e. The first-order chi connectivity index (χ1) is 8.34. The van der Waals surface area contributed by atoms with Gasteiger partial charge >= 0.3 is 0 Å². The van der Waals surface area contributed by atoms with Gasteiger partial charge in [0.15, 0.2) is 0 Å². The van der Waals surface area contributed by atoms with E-state index in [0.717, 1.165) is 32.2 Å². The molecule has 2 N–H and O–H groups in total. The van der Waals surface area contributed by atoms with E-state index in [4.69, 9.17) is 0 Å². The number of fused-ring (bicyclic) bond motifs is 1. The standard InChI is InChI=1S/C14H20N2O/c17-14-8-4-2-6-12(14)15-16-10-9-11-5-1-3-7-13(11)16/h1,3,5,7,12,14-15,17H,2,4,6,8-10H2/t12-,14-/m1/s1. The smallest absolute Gasteiger partial charge is 0.0711 e. The van der Waals surface area contributed by atoms with E-state index in [1.54, 1.807) is 0 Å². The Morgan fingerprint density at radius 1 is 1.18 bits per heavy atom. The number of aliphatic hydroxyl groups is 1. The molecule has 3 heteroatoms. The number of benzene rings is 1. The number of hydrogen-bond acceptors (Lipinski definition) is 3. The molecule has 1 aromatic rings. The minimum Gasteiger partial charge on any atom is -0.391 e. The van der Waals surface area contributed by atoms with E-state index in [9.17, 15) is 5.11 Å². The molecular weight excluding hydrogens is 212 g/mol. The average molecular weight is 232 g/mol. The predicted molar refractivity (Wildman–Crippen MR) is 68.9 cm³/mol. The molecule has 3 nitrogen and oxygen atoms in total. The van der Waals surface area contributed by atoms with Crippen LogP contribution in [0.3, 0.4) is 0 Å². The minimum atomic E-state index is -0.184. The Balaban J connectivity index is 1.70. The number of nitrogens with one attached hydrogen (secondary N) is 1. The third-order valence-corrected chi connectivity index (χ3v) is 3.94. The molecule has 0 amide bonds. The van der Waals surface area contributed by atoms with E-state index in [1.165, 1.54) is 17.7 Å².